The van der Waals surface area contributed by atoms with E-state index in [9.17, 15) is 4.79 Å². The fourth-order valence-corrected chi connectivity index (χ4v) is 0.958. The molecule has 4 N–H and O–H groups in total. The minimum absolute atomic E-state index is 0.0716. The first-order valence-electron chi connectivity index (χ1n) is 4.19. The van der Waals surface area contributed by atoms with E-state index in [1.54, 1.807) is 0 Å². The standard InChI is InChI=1S/C8H13N5O/c1-5-3-6(2)11-8(10-5)13-12-7(14)4-9/h3H,4,9H2,1-2H3,(H,12,14)(H,10,11,13). The van der Waals surface area contributed by atoms with Crippen molar-refractivity contribution in [2.24, 2.45) is 5.73 Å². The van der Waals surface area contributed by atoms with Crippen LogP contribution in [0.2, 0.25) is 0 Å². The number of hydrazine groups is 1. The van der Waals surface area contributed by atoms with Gasteiger partial charge in [-0.15, -0.1) is 0 Å². The van der Waals surface area contributed by atoms with Gasteiger partial charge in [-0.25, -0.2) is 9.97 Å². The second-order valence-corrected chi connectivity index (χ2v) is 2.85. The van der Waals surface area contributed by atoms with Gasteiger partial charge in [0.15, 0.2) is 0 Å². The first-order valence-corrected chi connectivity index (χ1v) is 4.19. The summed E-state index contributed by atoms with van der Waals surface area (Å²) in [5, 5.41) is 0. The third-order valence-corrected chi connectivity index (χ3v) is 1.48. The number of aryl methyl sites for hydroxylation is 2. The SMILES string of the molecule is Cc1cc(C)nc(NNC(=O)CN)n1. The molecule has 14 heavy (non-hydrogen) atoms. The highest BCUT2D eigenvalue weighted by atomic mass is 16.2. The van der Waals surface area contributed by atoms with E-state index in [0.717, 1.165) is 11.4 Å². The van der Waals surface area contributed by atoms with Crippen molar-refractivity contribution < 1.29 is 4.79 Å². The summed E-state index contributed by atoms with van der Waals surface area (Å²) >= 11 is 0. The molecule has 0 saturated heterocycles. The summed E-state index contributed by atoms with van der Waals surface area (Å²) in [6.45, 7) is 3.63. The minimum Gasteiger partial charge on any atom is -0.322 e. The second kappa shape index (κ2) is 4.52. The number of nitrogens with two attached hydrogens (primary N) is 1. The van der Waals surface area contributed by atoms with E-state index >= 15 is 0 Å². The van der Waals surface area contributed by atoms with Crippen molar-refractivity contribution in [3.8, 4) is 0 Å². The van der Waals surface area contributed by atoms with Gasteiger partial charge in [0.2, 0.25) is 5.95 Å². The van der Waals surface area contributed by atoms with E-state index in [1.165, 1.54) is 0 Å². The number of nitrogens with one attached hydrogen (secondary N) is 2. The molecule has 0 aliphatic carbocycles. The van der Waals surface area contributed by atoms with Crippen LogP contribution < -0.4 is 16.6 Å². The Labute approximate surface area is 81.9 Å². The zero-order chi connectivity index (χ0) is 10.6. The Morgan fingerprint density at radius 3 is 2.50 bits per heavy atom. The Kier molecular flexibility index (Phi) is 3.35. The number of anilines is 1. The molecule has 6 nitrogen and oxygen atoms in total. The van der Waals surface area contributed by atoms with E-state index in [4.69, 9.17) is 5.73 Å². The zero-order valence-corrected chi connectivity index (χ0v) is 8.16. The van der Waals surface area contributed by atoms with Crippen molar-refractivity contribution in [1.29, 1.82) is 0 Å². The molecule has 0 unspecified atom stereocenters. The maximum absolute atomic E-state index is 10.8. The summed E-state index contributed by atoms with van der Waals surface area (Å²) in [6.07, 6.45) is 0. The number of rotatable bonds is 3. The molecule has 0 bridgehead atoms. The molecule has 0 atom stereocenters. The number of hydrogen-bond acceptors (Lipinski definition) is 5. The van der Waals surface area contributed by atoms with Gasteiger partial charge in [-0.05, 0) is 19.9 Å². The molecule has 0 aromatic carbocycles. The van der Waals surface area contributed by atoms with Crippen LogP contribution in [-0.2, 0) is 4.79 Å². The Morgan fingerprint density at radius 1 is 1.43 bits per heavy atom. The normalized spacial score (nSPS) is 9.64. The molecule has 1 aromatic heterocycles. The number of carbonyl (C=O) groups is 1. The van der Waals surface area contributed by atoms with Gasteiger partial charge < -0.3 is 5.73 Å². The van der Waals surface area contributed by atoms with Crippen LogP contribution in [0.5, 0.6) is 0 Å². The molecule has 1 heterocycles. The van der Waals surface area contributed by atoms with Gasteiger partial charge in [0.25, 0.3) is 5.91 Å². The van der Waals surface area contributed by atoms with Gasteiger partial charge in [-0.2, -0.15) is 0 Å². The molecular formula is C8H13N5O. The molecule has 1 rings (SSSR count). The van der Waals surface area contributed by atoms with Gasteiger partial charge in [0, 0.05) is 11.4 Å². The summed E-state index contributed by atoms with van der Waals surface area (Å²) in [5.41, 5.74) is 11.7. The van der Waals surface area contributed by atoms with E-state index in [1.807, 2.05) is 19.9 Å². The Hall–Kier alpha value is -1.69. The predicted octanol–water partition coefficient (Wildman–Crippen LogP) is -0.505. The summed E-state index contributed by atoms with van der Waals surface area (Å²) in [4.78, 5) is 18.9. The highest BCUT2D eigenvalue weighted by molar-refractivity contribution is 5.78. The lowest BCUT2D eigenvalue weighted by Gasteiger charge is -2.06. The average molecular weight is 195 g/mol. The summed E-state index contributed by atoms with van der Waals surface area (Å²) < 4.78 is 0. The van der Waals surface area contributed by atoms with Crippen LogP contribution in [0.4, 0.5) is 5.95 Å². The maximum atomic E-state index is 10.8. The summed E-state index contributed by atoms with van der Waals surface area (Å²) in [7, 11) is 0. The van der Waals surface area contributed by atoms with Crippen LogP contribution in [0, 0.1) is 13.8 Å². The van der Waals surface area contributed by atoms with Crippen molar-refractivity contribution in [1.82, 2.24) is 15.4 Å². The zero-order valence-electron chi connectivity index (χ0n) is 8.16. The van der Waals surface area contributed by atoms with Crippen LogP contribution in [0.3, 0.4) is 0 Å². The maximum Gasteiger partial charge on any atom is 0.252 e. The topological polar surface area (TPSA) is 92.9 Å². The van der Waals surface area contributed by atoms with E-state index < -0.39 is 0 Å². The molecule has 6 heteroatoms. The minimum atomic E-state index is -0.312. The van der Waals surface area contributed by atoms with Gasteiger partial charge in [0.05, 0.1) is 6.54 Å². The quantitative estimate of drug-likeness (QED) is 0.565. The van der Waals surface area contributed by atoms with Crippen molar-refractivity contribution in [2.45, 2.75) is 13.8 Å². The predicted molar refractivity (Wildman–Crippen MR) is 52.3 cm³/mol. The lowest BCUT2D eigenvalue weighted by atomic mass is 10.4. The van der Waals surface area contributed by atoms with Crippen LogP contribution >= 0.6 is 0 Å². The van der Waals surface area contributed by atoms with Crippen molar-refractivity contribution in [2.75, 3.05) is 12.0 Å². The van der Waals surface area contributed by atoms with E-state index in [2.05, 4.69) is 20.8 Å². The number of amides is 1. The van der Waals surface area contributed by atoms with Crippen molar-refractivity contribution >= 4 is 11.9 Å². The molecule has 76 valence electrons. The van der Waals surface area contributed by atoms with Gasteiger partial charge in [-0.1, -0.05) is 0 Å². The fraction of sp³-hybridized carbons (Fsp3) is 0.375. The highest BCUT2D eigenvalue weighted by Crippen LogP contribution is 2.01. The number of hydrogen-bond donors (Lipinski definition) is 3. The van der Waals surface area contributed by atoms with E-state index in [0.29, 0.717) is 5.95 Å². The monoisotopic (exact) mass is 195 g/mol. The summed E-state index contributed by atoms with van der Waals surface area (Å²) in [6, 6.07) is 1.84. The smallest absolute Gasteiger partial charge is 0.252 e. The fourth-order valence-electron chi connectivity index (χ4n) is 0.958. The molecule has 0 spiro atoms. The lowest BCUT2D eigenvalue weighted by Crippen LogP contribution is -2.35. The third kappa shape index (κ3) is 2.98. The molecule has 0 saturated carbocycles. The van der Waals surface area contributed by atoms with E-state index in [-0.39, 0.29) is 12.5 Å². The van der Waals surface area contributed by atoms with Crippen molar-refractivity contribution in [3.05, 3.63) is 17.5 Å². The molecular weight excluding hydrogens is 182 g/mol. The van der Waals surface area contributed by atoms with Gasteiger partial charge >= 0.3 is 0 Å². The van der Waals surface area contributed by atoms with Crippen LogP contribution in [0.1, 0.15) is 11.4 Å². The average Bonchev–Trinajstić information content (AvgIpc) is 2.12. The molecule has 0 radical (unpaired) electrons. The van der Waals surface area contributed by atoms with Gasteiger partial charge in [0.1, 0.15) is 0 Å². The molecule has 0 aliphatic heterocycles. The molecule has 1 aromatic rings. The number of nitrogens with zero attached hydrogens (tertiary/aromatic N) is 2. The Bertz CT molecular complexity index is 318. The number of aromatic nitrogens is 2. The first-order chi connectivity index (χ1) is 6.61. The molecule has 0 aliphatic rings. The number of carbonyl (C=O) groups excluding carboxylic acids is 1. The lowest BCUT2D eigenvalue weighted by molar-refractivity contribution is -0.119. The summed E-state index contributed by atoms with van der Waals surface area (Å²) in [5.74, 6) is 0.0528. The van der Waals surface area contributed by atoms with Gasteiger partial charge in [-0.3, -0.25) is 15.6 Å². The van der Waals surface area contributed by atoms with Crippen LogP contribution in [0.15, 0.2) is 6.07 Å². The first kappa shape index (κ1) is 10.4. The molecule has 0 fully saturated rings. The largest absolute Gasteiger partial charge is 0.322 e. The highest BCUT2D eigenvalue weighted by Gasteiger charge is 2.00. The second-order valence-electron chi connectivity index (χ2n) is 2.85. The van der Waals surface area contributed by atoms with Crippen molar-refractivity contribution in [3.63, 3.8) is 0 Å². The Balaban J connectivity index is 2.63. The van der Waals surface area contributed by atoms with Crippen LogP contribution in [0.25, 0.3) is 0 Å². The Morgan fingerprint density at radius 2 is 2.00 bits per heavy atom. The third-order valence-electron chi connectivity index (χ3n) is 1.48. The van der Waals surface area contributed by atoms with Crippen LogP contribution in [-0.4, -0.2) is 22.4 Å². The molecule has 1 amide bonds.